The van der Waals surface area contributed by atoms with E-state index in [9.17, 15) is 14.4 Å². The highest BCUT2D eigenvalue weighted by Crippen LogP contribution is 2.35. The molecule has 2 saturated heterocycles. The van der Waals surface area contributed by atoms with Crippen molar-refractivity contribution in [2.75, 3.05) is 53.6 Å². The van der Waals surface area contributed by atoms with E-state index in [1.807, 2.05) is 4.90 Å². The quantitative estimate of drug-likeness (QED) is 0.481. The van der Waals surface area contributed by atoms with Crippen LogP contribution in [0, 0.1) is 0 Å². The Balaban J connectivity index is 2.03. The van der Waals surface area contributed by atoms with E-state index in [0.717, 1.165) is 0 Å². The van der Waals surface area contributed by atoms with Gasteiger partial charge in [-0.05, 0) is 13.3 Å². The van der Waals surface area contributed by atoms with E-state index < -0.39 is 5.54 Å². The number of imide groups is 1. The van der Waals surface area contributed by atoms with E-state index in [1.54, 1.807) is 18.9 Å². The van der Waals surface area contributed by atoms with Crippen LogP contribution >= 0.6 is 0 Å². The molecule has 0 radical (unpaired) electrons. The molecule has 2 aliphatic rings. The molecule has 130 valence electrons. The lowest BCUT2D eigenvalue weighted by molar-refractivity contribution is -0.143. The van der Waals surface area contributed by atoms with Crippen molar-refractivity contribution in [3.05, 3.63) is 0 Å². The van der Waals surface area contributed by atoms with Gasteiger partial charge in [0, 0.05) is 40.3 Å². The van der Waals surface area contributed by atoms with Gasteiger partial charge in [0.2, 0.25) is 0 Å². The maximum atomic E-state index is 12.6. The predicted octanol–water partition coefficient (Wildman–Crippen LogP) is -0.0755. The second-order valence-electron chi connectivity index (χ2n) is 5.90. The molecule has 0 aliphatic carbocycles. The van der Waals surface area contributed by atoms with Crippen LogP contribution in [0.25, 0.3) is 0 Å². The zero-order chi connectivity index (χ0) is 17.0. The average molecular weight is 327 g/mol. The number of urea groups is 1. The molecule has 1 atom stereocenters. The van der Waals surface area contributed by atoms with Crippen LogP contribution in [0.4, 0.5) is 4.79 Å². The van der Waals surface area contributed by atoms with Crippen molar-refractivity contribution in [1.82, 2.24) is 14.7 Å². The fourth-order valence-electron chi connectivity index (χ4n) is 3.31. The van der Waals surface area contributed by atoms with Crippen LogP contribution in [0.2, 0.25) is 0 Å². The Morgan fingerprint density at radius 1 is 1.30 bits per heavy atom. The van der Waals surface area contributed by atoms with Gasteiger partial charge in [-0.1, -0.05) is 0 Å². The summed E-state index contributed by atoms with van der Waals surface area (Å²) < 4.78 is 9.99. The largest absolute Gasteiger partial charge is 0.466 e. The van der Waals surface area contributed by atoms with Crippen LogP contribution in [0.1, 0.15) is 19.8 Å². The molecule has 0 aromatic rings. The third kappa shape index (κ3) is 3.32. The number of carbonyl (C=O) groups is 3. The maximum Gasteiger partial charge on any atom is 0.327 e. The first-order valence-corrected chi connectivity index (χ1v) is 7.93. The molecule has 2 aliphatic heterocycles. The zero-order valence-electron chi connectivity index (χ0n) is 14.0. The van der Waals surface area contributed by atoms with E-state index >= 15 is 0 Å². The fourth-order valence-corrected chi connectivity index (χ4v) is 3.31. The fraction of sp³-hybridized carbons (Fsp3) is 0.800. The molecule has 2 rings (SSSR count). The van der Waals surface area contributed by atoms with Gasteiger partial charge in [-0.3, -0.25) is 19.4 Å². The normalized spacial score (nSPS) is 25.0. The number of carbonyl (C=O) groups excluding carboxylic acids is 3. The van der Waals surface area contributed by atoms with Gasteiger partial charge in [-0.15, -0.1) is 0 Å². The number of methoxy groups -OCH3 is 1. The molecule has 0 N–H and O–H groups in total. The number of likely N-dealkylation sites (tertiary alicyclic amines) is 1. The summed E-state index contributed by atoms with van der Waals surface area (Å²) in [6.07, 6.45) is 0.869. The van der Waals surface area contributed by atoms with Crippen molar-refractivity contribution in [2.24, 2.45) is 0 Å². The van der Waals surface area contributed by atoms with Crippen LogP contribution in [0.5, 0.6) is 0 Å². The number of hydrogen-bond donors (Lipinski definition) is 0. The van der Waals surface area contributed by atoms with Crippen LogP contribution < -0.4 is 0 Å². The van der Waals surface area contributed by atoms with Gasteiger partial charge in [0.05, 0.1) is 19.6 Å². The number of hydrogen-bond acceptors (Lipinski definition) is 6. The topological polar surface area (TPSA) is 79.4 Å². The van der Waals surface area contributed by atoms with Crippen molar-refractivity contribution in [3.63, 3.8) is 0 Å². The summed E-state index contributed by atoms with van der Waals surface area (Å²) >= 11 is 0. The van der Waals surface area contributed by atoms with Crippen LogP contribution in [-0.2, 0) is 19.1 Å². The third-order valence-corrected chi connectivity index (χ3v) is 4.52. The molecule has 3 amide bonds. The standard InChI is InChI=1S/C15H25N3O5/c1-4-23-12(19)5-7-17-8-6-15(11-17)13(20)16(2)14(21)18(15)9-10-22-3/h4-11H2,1-3H3. The highest BCUT2D eigenvalue weighted by atomic mass is 16.5. The molecule has 2 heterocycles. The number of rotatable bonds is 7. The van der Waals surface area contributed by atoms with Gasteiger partial charge >= 0.3 is 12.0 Å². The van der Waals surface area contributed by atoms with E-state index in [2.05, 4.69) is 0 Å². The SMILES string of the molecule is CCOC(=O)CCN1CCC2(C1)C(=O)N(C)C(=O)N2CCOC. The lowest BCUT2D eigenvalue weighted by atomic mass is 9.97. The average Bonchev–Trinajstić information content (AvgIpc) is 3.03. The lowest BCUT2D eigenvalue weighted by Crippen LogP contribution is -2.52. The van der Waals surface area contributed by atoms with Gasteiger partial charge in [-0.2, -0.15) is 0 Å². The smallest absolute Gasteiger partial charge is 0.327 e. The van der Waals surface area contributed by atoms with Gasteiger partial charge < -0.3 is 14.4 Å². The monoisotopic (exact) mass is 327 g/mol. The first-order chi connectivity index (χ1) is 11.0. The number of esters is 1. The first-order valence-electron chi connectivity index (χ1n) is 7.93. The summed E-state index contributed by atoms with van der Waals surface area (Å²) in [6.45, 7) is 4.57. The minimum atomic E-state index is -0.820. The van der Waals surface area contributed by atoms with Crippen LogP contribution in [-0.4, -0.2) is 91.7 Å². The predicted molar refractivity (Wildman–Crippen MR) is 81.8 cm³/mol. The number of nitrogens with zero attached hydrogens (tertiary/aromatic N) is 3. The second-order valence-corrected chi connectivity index (χ2v) is 5.90. The number of likely N-dealkylation sites (N-methyl/N-ethyl adjacent to an activating group) is 1. The van der Waals surface area contributed by atoms with E-state index in [4.69, 9.17) is 9.47 Å². The molecule has 0 bridgehead atoms. The van der Waals surface area contributed by atoms with Crippen molar-refractivity contribution in [1.29, 1.82) is 0 Å². The molecule has 0 aromatic carbocycles. The van der Waals surface area contributed by atoms with Crippen molar-refractivity contribution < 1.29 is 23.9 Å². The summed E-state index contributed by atoms with van der Waals surface area (Å²) in [5.74, 6) is -0.409. The Morgan fingerprint density at radius 2 is 2.04 bits per heavy atom. The molecule has 2 fully saturated rings. The second kappa shape index (κ2) is 7.27. The summed E-state index contributed by atoms with van der Waals surface area (Å²) in [4.78, 5) is 41.3. The summed E-state index contributed by atoms with van der Waals surface area (Å²) in [6, 6.07) is -0.278. The molecular weight excluding hydrogens is 302 g/mol. The zero-order valence-corrected chi connectivity index (χ0v) is 14.0. The van der Waals surface area contributed by atoms with Gasteiger partial charge in [0.1, 0.15) is 5.54 Å². The Hall–Kier alpha value is -1.67. The van der Waals surface area contributed by atoms with Crippen molar-refractivity contribution in [3.8, 4) is 0 Å². The van der Waals surface area contributed by atoms with Crippen molar-refractivity contribution in [2.45, 2.75) is 25.3 Å². The Morgan fingerprint density at radius 3 is 2.70 bits per heavy atom. The molecule has 0 aromatic heterocycles. The molecule has 8 nitrogen and oxygen atoms in total. The summed E-state index contributed by atoms with van der Waals surface area (Å²) in [7, 11) is 3.08. The Labute approximate surface area is 136 Å². The minimum absolute atomic E-state index is 0.169. The van der Waals surface area contributed by atoms with Crippen LogP contribution in [0.15, 0.2) is 0 Å². The number of ether oxygens (including phenoxy) is 2. The first kappa shape index (κ1) is 17.7. The Kier molecular flexibility index (Phi) is 5.59. The maximum absolute atomic E-state index is 12.6. The lowest BCUT2D eigenvalue weighted by Gasteiger charge is -2.31. The molecule has 1 spiro atoms. The molecule has 23 heavy (non-hydrogen) atoms. The third-order valence-electron chi connectivity index (χ3n) is 4.52. The van der Waals surface area contributed by atoms with Crippen molar-refractivity contribution >= 4 is 17.9 Å². The van der Waals surface area contributed by atoms with Gasteiger partial charge in [-0.25, -0.2) is 4.79 Å². The molecule has 1 unspecified atom stereocenters. The van der Waals surface area contributed by atoms with E-state index in [-0.39, 0.29) is 17.9 Å². The van der Waals surface area contributed by atoms with Gasteiger partial charge in [0.25, 0.3) is 5.91 Å². The minimum Gasteiger partial charge on any atom is -0.466 e. The summed E-state index contributed by atoms with van der Waals surface area (Å²) in [5, 5.41) is 0. The summed E-state index contributed by atoms with van der Waals surface area (Å²) in [5.41, 5.74) is -0.820. The highest BCUT2D eigenvalue weighted by molar-refractivity contribution is 6.07. The van der Waals surface area contributed by atoms with Crippen LogP contribution in [0.3, 0.4) is 0 Å². The Bertz CT molecular complexity index is 484. The molecule has 8 heteroatoms. The molecule has 0 saturated carbocycles. The highest BCUT2D eigenvalue weighted by Gasteiger charge is 2.58. The van der Waals surface area contributed by atoms with Gasteiger partial charge in [0.15, 0.2) is 0 Å². The number of amides is 3. The molecular formula is C15H25N3O5. The van der Waals surface area contributed by atoms with E-state index in [0.29, 0.717) is 52.2 Å². The van der Waals surface area contributed by atoms with E-state index in [1.165, 1.54) is 11.9 Å².